The number of carbonyl (C=O) groups excluding carboxylic acids is 1. The minimum absolute atomic E-state index is 0.0646. The maximum atomic E-state index is 12.8. The normalized spacial score (nSPS) is 11.1. The molecule has 2 N–H and O–H groups in total. The van der Waals surface area contributed by atoms with Crippen LogP contribution in [0.25, 0.3) is 21.7 Å². The van der Waals surface area contributed by atoms with Crippen LogP contribution in [0.1, 0.15) is 17.5 Å². The average Bonchev–Trinajstić information content (AvgIpc) is 3.30. The maximum Gasteiger partial charge on any atom is 0.573 e. The lowest BCUT2D eigenvalue weighted by Crippen LogP contribution is -2.17. The van der Waals surface area contributed by atoms with E-state index in [4.69, 9.17) is 19.6 Å². The Morgan fingerprint density at radius 1 is 0.975 bits per heavy atom. The Kier molecular flexibility index (Phi) is 8.58. The molecule has 0 atom stereocenters. The monoisotopic (exact) mass is 572 g/mol. The molecule has 1 heterocycles. The Hall–Kier alpha value is -4.58. The number of nitrogens with zero attached hydrogens (tertiary/aromatic N) is 1. The Bertz CT molecular complexity index is 1520. The molecule has 0 aliphatic heterocycles. The summed E-state index contributed by atoms with van der Waals surface area (Å²) in [5.41, 5.74) is 2.95. The molecule has 0 bridgehead atoms. The van der Waals surface area contributed by atoms with Gasteiger partial charge in [0.25, 0.3) is 0 Å². The lowest BCUT2D eigenvalue weighted by atomic mass is 10.1. The second-order valence-corrected chi connectivity index (χ2v) is 9.60. The fourth-order valence-corrected chi connectivity index (χ4v) is 4.72. The summed E-state index contributed by atoms with van der Waals surface area (Å²) >= 11 is 1.25. The molecular weight excluding hydrogens is 549 g/mol. The molecule has 0 spiro atoms. The molecule has 0 unspecified atom stereocenters. The van der Waals surface area contributed by atoms with Crippen LogP contribution in [0.3, 0.4) is 0 Å². The zero-order valence-electron chi connectivity index (χ0n) is 21.2. The second kappa shape index (κ2) is 12.1. The number of aliphatic carboxylic acids is 1. The number of carbonyl (C=O) groups is 2. The molecule has 12 heteroatoms. The van der Waals surface area contributed by atoms with E-state index in [0.29, 0.717) is 49.5 Å². The minimum atomic E-state index is -4.83. The van der Waals surface area contributed by atoms with Crippen molar-refractivity contribution in [2.45, 2.75) is 26.8 Å². The lowest BCUT2D eigenvalue weighted by Gasteiger charge is -2.10. The number of anilines is 1. The smallest absolute Gasteiger partial charge is 0.486 e. The molecule has 1 amide bonds. The van der Waals surface area contributed by atoms with Crippen molar-refractivity contribution in [3.63, 3.8) is 0 Å². The quantitative estimate of drug-likeness (QED) is 0.218. The summed E-state index contributed by atoms with van der Waals surface area (Å²) in [5, 5.41) is 12.0. The highest BCUT2D eigenvalue weighted by molar-refractivity contribution is 7.15. The number of carboxylic acid groups (broad SMARTS) is 1. The van der Waals surface area contributed by atoms with Crippen LogP contribution >= 0.6 is 11.3 Å². The second-order valence-electron chi connectivity index (χ2n) is 8.52. The Morgan fingerprint density at radius 3 is 2.38 bits per heavy atom. The van der Waals surface area contributed by atoms with Crippen LogP contribution in [0.15, 0.2) is 66.7 Å². The fourth-order valence-electron chi connectivity index (χ4n) is 3.72. The molecule has 1 aromatic heterocycles. The third-order valence-corrected chi connectivity index (χ3v) is 6.42. The number of hydrogen-bond donors (Lipinski definition) is 2. The van der Waals surface area contributed by atoms with E-state index in [1.54, 1.807) is 55.5 Å². The molecule has 3 aromatic carbocycles. The summed E-state index contributed by atoms with van der Waals surface area (Å²) in [4.78, 5) is 27.4. The van der Waals surface area contributed by atoms with Crippen molar-refractivity contribution >= 4 is 28.9 Å². The van der Waals surface area contributed by atoms with Crippen molar-refractivity contribution in [1.82, 2.24) is 4.98 Å². The molecule has 0 saturated heterocycles. The number of rotatable bonds is 10. The van der Waals surface area contributed by atoms with E-state index >= 15 is 0 Å². The van der Waals surface area contributed by atoms with Gasteiger partial charge in [-0.05, 0) is 60.5 Å². The summed E-state index contributed by atoms with van der Waals surface area (Å²) in [5.74, 6) is -0.755. The van der Waals surface area contributed by atoms with Crippen LogP contribution in [0.5, 0.6) is 17.2 Å². The number of aromatic nitrogens is 1. The number of alkyl halides is 3. The third kappa shape index (κ3) is 7.73. The van der Waals surface area contributed by atoms with Crippen molar-refractivity contribution < 1.29 is 42.1 Å². The van der Waals surface area contributed by atoms with Crippen LogP contribution < -0.4 is 19.5 Å². The van der Waals surface area contributed by atoms with Crippen LogP contribution in [0.4, 0.5) is 18.9 Å². The van der Waals surface area contributed by atoms with Crippen molar-refractivity contribution in [3.8, 4) is 38.9 Å². The van der Waals surface area contributed by atoms with Crippen LogP contribution in [0.2, 0.25) is 0 Å². The highest BCUT2D eigenvalue weighted by Gasteiger charge is 2.31. The van der Waals surface area contributed by atoms with Gasteiger partial charge in [-0.15, -0.1) is 24.5 Å². The molecule has 40 heavy (non-hydrogen) atoms. The summed E-state index contributed by atoms with van der Waals surface area (Å²) in [7, 11) is 0. The number of carboxylic acids is 1. The molecule has 0 aliphatic rings. The first kappa shape index (κ1) is 28.4. The van der Waals surface area contributed by atoms with E-state index in [1.807, 2.05) is 0 Å². The molecule has 4 rings (SSSR count). The third-order valence-electron chi connectivity index (χ3n) is 5.34. The first-order valence-corrected chi connectivity index (χ1v) is 12.6. The first-order valence-electron chi connectivity index (χ1n) is 11.8. The zero-order valence-corrected chi connectivity index (χ0v) is 22.1. The predicted molar refractivity (Wildman–Crippen MR) is 143 cm³/mol. The maximum absolute atomic E-state index is 12.8. The zero-order chi connectivity index (χ0) is 28.9. The highest BCUT2D eigenvalue weighted by Crippen LogP contribution is 2.39. The number of hydrogen-bond acceptors (Lipinski definition) is 7. The summed E-state index contributed by atoms with van der Waals surface area (Å²) < 4.78 is 53.7. The van der Waals surface area contributed by atoms with Crippen molar-refractivity contribution in [2.24, 2.45) is 0 Å². The van der Waals surface area contributed by atoms with E-state index < -0.39 is 18.9 Å². The van der Waals surface area contributed by atoms with E-state index in [2.05, 4.69) is 10.1 Å². The number of thiazole rings is 1. The van der Waals surface area contributed by atoms with Crippen molar-refractivity contribution in [3.05, 3.63) is 77.3 Å². The highest BCUT2D eigenvalue weighted by atomic mass is 32.1. The number of benzene rings is 3. The molecule has 8 nitrogen and oxygen atoms in total. The van der Waals surface area contributed by atoms with Gasteiger partial charge in [-0.3, -0.25) is 4.79 Å². The van der Waals surface area contributed by atoms with Gasteiger partial charge in [0.1, 0.15) is 28.9 Å². The van der Waals surface area contributed by atoms with Crippen molar-refractivity contribution in [1.29, 1.82) is 0 Å². The van der Waals surface area contributed by atoms with Gasteiger partial charge in [0.15, 0.2) is 6.61 Å². The molecule has 208 valence electrons. The summed E-state index contributed by atoms with van der Waals surface area (Å²) in [6.45, 7) is 2.75. The molecular formula is C28H23F3N2O6S. The molecule has 0 fully saturated rings. The van der Waals surface area contributed by atoms with Gasteiger partial charge < -0.3 is 24.6 Å². The number of nitrogens with one attached hydrogen (secondary N) is 1. The van der Waals surface area contributed by atoms with E-state index in [1.165, 1.54) is 36.5 Å². The van der Waals surface area contributed by atoms with Gasteiger partial charge in [-0.2, -0.15) is 0 Å². The van der Waals surface area contributed by atoms with Gasteiger partial charge in [-0.25, -0.2) is 9.78 Å². The Labute approximate surface area is 231 Å². The van der Waals surface area contributed by atoms with Gasteiger partial charge in [0.2, 0.25) is 5.91 Å². The molecule has 4 aromatic rings. The predicted octanol–water partition coefficient (Wildman–Crippen LogP) is 6.68. The van der Waals surface area contributed by atoms with Gasteiger partial charge in [-0.1, -0.05) is 24.3 Å². The van der Waals surface area contributed by atoms with E-state index in [-0.39, 0.29) is 18.3 Å². The van der Waals surface area contributed by atoms with Crippen LogP contribution in [0, 0.1) is 6.92 Å². The average molecular weight is 573 g/mol. The Balaban J connectivity index is 1.63. The largest absolute Gasteiger partial charge is 0.573 e. The van der Waals surface area contributed by atoms with E-state index in [9.17, 15) is 22.8 Å². The number of aryl methyl sites for hydroxylation is 1. The van der Waals surface area contributed by atoms with Gasteiger partial charge in [0.05, 0.1) is 10.6 Å². The van der Waals surface area contributed by atoms with Crippen LogP contribution in [-0.4, -0.2) is 34.9 Å². The summed E-state index contributed by atoms with van der Waals surface area (Å²) in [6.07, 6.45) is -4.83. The standard InChI is InChI=1S/C28H23F3N2O6S/c1-16-12-21(10-11-23(16)38-15-25(35)36)37-14-24-33-26(18-6-8-20(9-7-18)32-17(2)34)27(40-24)19-4-3-5-22(13-19)39-28(29,30)31/h3-13H,14-15H2,1-2H3,(H,32,34)(H,35,36). The van der Waals surface area contributed by atoms with Crippen molar-refractivity contribution in [2.75, 3.05) is 11.9 Å². The van der Waals surface area contributed by atoms with Gasteiger partial charge in [0, 0.05) is 18.2 Å². The summed E-state index contributed by atoms with van der Waals surface area (Å²) in [6, 6.07) is 17.5. The topological polar surface area (TPSA) is 107 Å². The lowest BCUT2D eigenvalue weighted by molar-refractivity contribution is -0.274. The molecule has 0 saturated carbocycles. The first-order chi connectivity index (χ1) is 19.0. The number of ether oxygens (including phenoxy) is 3. The number of amides is 1. The SMILES string of the molecule is CC(=O)Nc1ccc(-c2nc(COc3ccc(OCC(=O)O)c(C)c3)sc2-c2cccc(OC(F)(F)F)c2)cc1. The number of halogens is 3. The van der Waals surface area contributed by atoms with E-state index in [0.717, 1.165) is 0 Å². The van der Waals surface area contributed by atoms with Gasteiger partial charge >= 0.3 is 12.3 Å². The molecule has 0 aliphatic carbocycles. The minimum Gasteiger partial charge on any atom is -0.486 e. The Morgan fingerprint density at radius 2 is 1.73 bits per heavy atom. The van der Waals surface area contributed by atoms with Crippen LogP contribution in [-0.2, 0) is 16.2 Å². The molecule has 0 radical (unpaired) electrons. The fraction of sp³-hybridized carbons (Fsp3) is 0.179.